The van der Waals surface area contributed by atoms with E-state index in [2.05, 4.69) is 10.6 Å². The van der Waals surface area contributed by atoms with Crippen LogP contribution in [0.3, 0.4) is 0 Å². The van der Waals surface area contributed by atoms with Crippen molar-refractivity contribution in [1.82, 2.24) is 10.6 Å². The molecule has 15 heavy (non-hydrogen) atoms. The van der Waals surface area contributed by atoms with E-state index < -0.39 is 0 Å². The molecule has 2 atom stereocenters. The number of hydrogen-bond acceptors (Lipinski definition) is 3. The summed E-state index contributed by atoms with van der Waals surface area (Å²) in [5.74, 6) is 0.0711. The highest BCUT2D eigenvalue weighted by atomic mass is 16.3. The normalized spacial score (nSPS) is 15.1. The molecule has 0 aromatic carbocycles. The Bertz CT molecular complexity index is 181. The topological polar surface area (TPSA) is 61.4 Å². The molecule has 0 aromatic heterocycles. The molecule has 4 nitrogen and oxygen atoms in total. The van der Waals surface area contributed by atoms with E-state index in [4.69, 9.17) is 5.11 Å². The molecule has 0 aromatic rings. The monoisotopic (exact) mass is 216 g/mol. The molecule has 0 heterocycles. The Balaban J connectivity index is 3.48. The maximum atomic E-state index is 11.3. The summed E-state index contributed by atoms with van der Waals surface area (Å²) in [7, 11) is 0. The number of hydrogen-bond donors (Lipinski definition) is 3. The van der Waals surface area contributed by atoms with Crippen molar-refractivity contribution in [3.8, 4) is 0 Å². The van der Waals surface area contributed by atoms with E-state index in [1.807, 2.05) is 20.8 Å². The molecular formula is C11H24N2O2. The minimum absolute atomic E-state index is 0.0711. The Morgan fingerprint density at radius 3 is 2.33 bits per heavy atom. The molecule has 0 aliphatic rings. The predicted octanol–water partition coefficient (Wildman–Crippen LogP) is 0.650. The van der Waals surface area contributed by atoms with Crippen LogP contribution in [0.5, 0.6) is 0 Å². The van der Waals surface area contributed by atoms with Crippen molar-refractivity contribution in [3.63, 3.8) is 0 Å². The van der Waals surface area contributed by atoms with Gasteiger partial charge < -0.3 is 15.7 Å². The molecule has 90 valence electrons. The second-order valence-electron chi connectivity index (χ2n) is 4.41. The molecule has 0 aliphatic heterocycles. The number of nitrogens with one attached hydrogen (secondary N) is 2. The van der Waals surface area contributed by atoms with Crippen LogP contribution in [0.1, 0.15) is 40.5 Å². The number of carbonyl (C=O) groups excluding carboxylic acids is 1. The number of amides is 1. The Labute approximate surface area is 92.4 Å². The van der Waals surface area contributed by atoms with Gasteiger partial charge in [0.25, 0.3) is 0 Å². The summed E-state index contributed by atoms with van der Waals surface area (Å²) in [6.07, 6.45) is 0.908. The number of rotatable bonds is 7. The van der Waals surface area contributed by atoms with Crippen molar-refractivity contribution in [3.05, 3.63) is 0 Å². The van der Waals surface area contributed by atoms with Crippen LogP contribution in [-0.4, -0.2) is 35.7 Å². The van der Waals surface area contributed by atoms with Gasteiger partial charge in [-0.25, -0.2) is 0 Å². The molecule has 0 radical (unpaired) electrons. The van der Waals surface area contributed by atoms with Crippen molar-refractivity contribution in [1.29, 1.82) is 0 Å². The quantitative estimate of drug-likeness (QED) is 0.585. The summed E-state index contributed by atoms with van der Waals surface area (Å²) in [4.78, 5) is 11.3. The molecule has 0 rings (SSSR count). The van der Waals surface area contributed by atoms with E-state index in [0.29, 0.717) is 19.4 Å². The summed E-state index contributed by atoms with van der Waals surface area (Å²) in [5.41, 5.74) is 0. The van der Waals surface area contributed by atoms with Gasteiger partial charge in [-0.3, -0.25) is 4.79 Å². The van der Waals surface area contributed by atoms with E-state index in [1.54, 1.807) is 6.92 Å². The molecule has 0 saturated carbocycles. The summed E-state index contributed by atoms with van der Waals surface area (Å²) < 4.78 is 0. The largest absolute Gasteiger partial charge is 0.393 e. The van der Waals surface area contributed by atoms with Crippen LogP contribution in [0.2, 0.25) is 0 Å². The highest BCUT2D eigenvalue weighted by molar-refractivity contribution is 5.76. The average Bonchev–Trinajstić information content (AvgIpc) is 2.00. The second kappa shape index (κ2) is 7.65. The first-order valence-electron chi connectivity index (χ1n) is 5.62. The molecule has 0 bridgehead atoms. The van der Waals surface area contributed by atoms with Gasteiger partial charge in [0, 0.05) is 25.0 Å². The molecule has 0 fully saturated rings. The fraction of sp³-hybridized carbons (Fsp3) is 0.909. The fourth-order valence-electron chi connectivity index (χ4n) is 1.42. The Hall–Kier alpha value is -0.610. The van der Waals surface area contributed by atoms with E-state index in [-0.39, 0.29) is 24.1 Å². The van der Waals surface area contributed by atoms with Gasteiger partial charge in [0.2, 0.25) is 5.91 Å². The average molecular weight is 216 g/mol. The van der Waals surface area contributed by atoms with Gasteiger partial charge in [0.15, 0.2) is 0 Å². The Morgan fingerprint density at radius 2 is 1.87 bits per heavy atom. The first-order valence-corrected chi connectivity index (χ1v) is 5.62. The molecular weight excluding hydrogens is 192 g/mol. The first-order chi connectivity index (χ1) is 6.91. The standard InChI is InChI=1S/C11H24N2O2/c1-8(2)13-11(15)5-6-12-9(3)7-10(4)14/h8-10,12,14H,5-7H2,1-4H3,(H,13,15). The van der Waals surface area contributed by atoms with Gasteiger partial charge in [0.05, 0.1) is 6.10 Å². The Kier molecular flexibility index (Phi) is 7.34. The molecule has 0 spiro atoms. The lowest BCUT2D eigenvalue weighted by molar-refractivity contribution is -0.121. The van der Waals surface area contributed by atoms with Crippen LogP contribution in [0.15, 0.2) is 0 Å². The molecule has 0 saturated heterocycles. The molecule has 3 N–H and O–H groups in total. The van der Waals surface area contributed by atoms with Gasteiger partial charge >= 0.3 is 0 Å². The molecule has 1 amide bonds. The van der Waals surface area contributed by atoms with Gasteiger partial charge in [-0.2, -0.15) is 0 Å². The predicted molar refractivity (Wildman–Crippen MR) is 61.7 cm³/mol. The second-order valence-corrected chi connectivity index (χ2v) is 4.41. The van der Waals surface area contributed by atoms with Crippen molar-refractivity contribution in [2.24, 2.45) is 0 Å². The van der Waals surface area contributed by atoms with Gasteiger partial charge in [-0.1, -0.05) is 0 Å². The van der Waals surface area contributed by atoms with Crippen molar-refractivity contribution < 1.29 is 9.90 Å². The summed E-state index contributed by atoms with van der Waals surface area (Å²) in [5, 5.41) is 15.2. The third-order valence-corrected chi connectivity index (χ3v) is 1.99. The van der Waals surface area contributed by atoms with Crippen LogP contribution in [0, 0.1) is 0 Å². The van der Waals surface area contributed by atoms with Crippen molar-refractivity contribution >= 4 is 5.91 Å². The lowest BCUT2D eigenvalue weighted by Gasteiger charge is -2.15. The lowest BCUT2D eigenvalue weighted by Crippen LogP contribution is -2.35. The zero-order valence-electron chi connectivity index (χ0n) is 10.2. The number of aliphatic hydroxyl groups is 1. The smallest absolute Gasteiger partial charge is 0.221 e. The lowest BCUT2D eigenvalue weighted by atomic mass is 10.1. The van der Waals surface area contributed by atoms with Crippen molar-refractivity contribution in [2.45, 2.75) is 58.7 Å². The highest BCUT2D eigenvalue weighted by Crippen LogP contribution is 1.96. The van der Waals surface area contributed by atoms with E-state index in [9.17, 15) is 4.79 Å². The van der Waals surface area contributed by atoms with Crippen LogP contribution < -0.4 is 10.6 Å². The van der Waals surface area contributed by atoms with Gasteiger partial charge in [-0.05, 0) is 34.1 Å². The summed E-state index contributed by atoms with van der Waals surface area (Å²) in [6, 6.07) is 0.448. The van der Waals surface area contributed by atoms with Gasteiger partial charge in [0.1, 0.15) is 0 Å². The van der Waals surface area contributed by atoms with Gasteiger partial charge in [-0.15, -0.1) is 0 Å². The zero-order chi connectivity index (χ0) is 11.8. The third kappa shape index (κ3) is 9.69. The van der Waals surface area contributed by atoms with E-state index in [1.165, 1.54) is 0 Å². The molecule has 4 heteroatoms. The summed E-state index contributed by atoms with van der Waals surface area (Å²) >= 11 is 0. The highest BCUT2D eigenvalue weighted by Gasteiger charge is 2.07. The van der Waals surface area contributed by atoms with Crippen LogP contribution in [-0.2, 0) is 4.79 Å². The maximum absolute atomic E-state index is 11.3. The van der Waals surface area contributed by atoms with Crippen LogP contribution in [0.25, 0.3) is 0 Å². The maximum Gasteiger partial charge on any atom is 0.221 e. The van der Waals surface area contributed by atoms with Crippen LogP contribution in [0.4, 0.5) is 0 Å². The minimum atomic E-state index is -0.294. The van der Waals surface area contributed by atoms with E-state index in [0.717, 1.165) is 0 Å². The minimum Gasteiger partial charge on any atom is -0.393 e. The number of aliphatic hydroxyl groups excluding tert-OH is 1. The SMILES string of the molecule is CC(O)CC(C)NCCC(=O)NC(C)C. The van der Waals surface area contributed by atoms with E-state index >= 15 is 0 Å². The number of carbonyl (C=O) groups is 1. The first kappa shape index (κ1) is 14.4. The third-order valence-electron chi connectivity index (χ3n) is 1.99. The Morgan fingerprint density at radius 1 is 1.27 bits per heavy atom. The summed E-state index contributed by atoms with van der Waals surface area (Å²) in [6.45, 7) is 8.33. The van der Waals surface area contributed by atoms with Crippen molar-refractivity contribution in [2.75, 3.05) is 6.54 Å². The van der Waals surface area contributed by atoms with Crippen LogP contribution >= 0.6 is 0 Å². The zero-order valence-corrected chi connectivity index (χ0v) is 10.2. The fourth-order valence-corrected chi connectivity index (χ4v) is 1.42. The molecule has 0 aliphatic carbocycles. The molecule has 2 unspecified atom stereocenters.